The lowest BCUT2D eigenvalue weighted by molar-refractivity contribution is -0.128. The summed E-state index contributed by atoms with van der Waals surface area (Å²) in [6, 6.07) is 15.4. The average molecular weight is 428 g/mol. The van der Waals surface area contributed by atoms with Gasteiger partial charge in [0.05, 0.1) is 13.0 Å². The van der Waals surface area contributed by atoms with Crippen LogP contribution in [0.4, 0.5) is 0 Å². The van der Waals surface area contributed by atoms with Crippen molar-refractivity contribution in [1.29, 1.82) is 0 Å². The fourth-order valence-electron chi connectivity index (χ4n) is 3.25. The zero-order valence-electron chi connectivity index (χ0n) is 14.8. The van der Waals surface area contributed by atoms with Crippen LogP contribution in [0.2, 0.25) is 0 Å². The van der Waals surface area contributed by atoms with E-state index < -0.39 is 0 Å². The molecule has 2 aromatic carbocycles. The highest BCUT2D eigenvalue weighted by atomic mass is 79.9. The summed E-state index contributed by atoms with van der Waals surface area (Å²) in [6.45, 7) is 1.06. The number of para-hydroxylation sites is 1. The number of ether oxygens (including phenoxy) is 1. The summed E-state index contributed by atoms with van der Waals surface area (Å²) in [4.78, 5) is 18.8. The zero-order valence-corrected chi connectivity index (χ0v) is 16.3. The summed E-state index contributed by atoms with van der Waals surface area (Å²) in [5.74, 6) is 1.80. The van der Waals surface area contributed by atoms with Crippen LogP contribution in [0, 0.1) is 0 Å². The van der Waals surface area contributed by atoms with Gasteiger partial charge in [0, 0.05) is 35.1 Å². The molecule has 1 aliphatic rings. The minimum atomic E-state index is -0.0936. The third-order valence-electron chi connectivity index (χ3n) is 4.66. The minimum Gasteiger partial charge on any atom is -0.496 e. The predicted molar refractivity (Wildman–Crippen MR) is 103 cm³/mol. The Labute approximate surface area is 165 Å². The van der Waals surface area contributed by atoms with Gasteiger partial charge in [-0.25, -0.2) is 0 Å². The van der Waals surface area contributed by atoms with Crippen molar-refractivity contribution in [2.45, 2.75) is 18.9 Å². The third kappa shape index (κ3) is 3.73. The highest BCUT2D eigenvalue weighted by Crippen LogP contribution is 2.31. The van der Waals surface area contributed by atoms with E-state index in [2.05, 4.69) is 26.1 Å². The van der Waals surface area contributed by atoms with E-state index in [0.29, 0.717) is 31.2 Å². The van der Waals surface area contributed by atoms with E-state index >= 15 is 0 Å². The van der Waals surface area contributed by atoms with E-state index in [1.807, 2.05) is 53.4 Å². The Morgan fingerprint density at radius 1 is 1.22 bits per heavy atom. The monoisotopic (exact) mass is 427 g/mol. The molecule has 7 heteroatoms. The number of methoxy groups -OCH3 is 1. The van der Waals surface area contributed by atoms with Crippen molar-refractivity contribution in [3.05, 3.63) is 64.5 Å². The van der Waals surface area contributed by atoms with Crippen LogP contribution in [-0.2, 0) is 11.3 Å². The second kappa shape index (κ2) is 7.52. The molecule has 1 aromatic heterocycles. The topological polar surface area (TPSA) is 68.5 Å². The van der Waals surface area contributed by atoms with Gasteiger partial charge in [0.1, 0.15) is 5.75 Å². The number of hydrogen-bond donors (Lipinski definition) is 0. The van der Waals surface area contributed by atoms with Gasteiger partial charge in [-0.1, -0.05) is 39.3 Å². The van der Waals surface area contributed by atoms with Crippen molar-refractivity contribution in [2.24, 2.45) is 0 Å². The Bertz CT molecular complexity index is 955. The summed E-state index contributed by atoms with van der Waals surface area (Å²) in [5.41, 5.74) is 1.86. The van der Waals surface area contributed by atoms with E-state index in [0.717, 1.165) is 21.3 Å². The van der Waals surface area contributed by atoms with E-state index in [4.69, 9.17) is 9.26 Å². The molecule has 0 aliphatic carbocycles. The molecule has 3 aromatic rings. The Kier molecular flexibility index (Phi) is 4.94. The molecule has 0 radical (unpaired) electrons. The SMILES string of the molecule is COc1ccccc1CN1CC(c2nc(-c3ccc(Br)cc3)no2)CC1=O. The van der Waals surface area contributed by atoms with Gasteiger partial charge in [-0.15, -0.1) is 0 Å². The van der Waals surface area contributed by atoms with Crippen LogP contribution >= 0.6 is 15.9 Å². The lowest BCUT2D eigenvalue weighted by Gasteiger charge is -2.17. The first-order valence-electron chi connectivity index (χ1n) is 8.63. The smallest absolute Gasteiger partial charge is 0.232 e. The van der Waals surface area contributed by atoms with E-state index in [9.17, 15) is 4.79 Å². The number of nitrogens with zero attached hydrogens (tertiary/aromatic N) is 3. The summed E-state index contributed by atoms with van der Waals surface area (Å²) in [7, 11) is 1.63. The van der Waals surface area contributed by atoms with Crippen LogP contribution in [-0.4, -0.2) is 34.6 Å². The van der Waals surface area contributed by atoms with Gasteiger partial charge in [-0.3, -0.25) is 4.79 Å². The lowest BCUT2D eigenvalue weighted by atomic mass is 10.1. The van der Waals surface area contributed by atoms with E-state index in [-0.39, 0.29) is 11.8 Å². The normalized spacial score (nSPS) is 16.7. The van der Waals surface area contributed by atoms with Crippen LogP contribution in [0.15, 0.2) is 57.5 Å². The summed E-state index contributed by atoms with van der Waals surface area (Å²) >= 11 is 3.41. The quantitative estimate of drug-likeness (QED) is 0.614. The number of likely N-dealkylation sites (tertiary alicyclic amines) is 1. The maximum Gasteiger partial charge on any atom is 0.232 e. The molecule has 27 heavy (non-hydrogen) atoms. The van der Waals surface area contributed by atoms with Crippen molar-refractivity contribution < 1.29 is 14.1 Å². The van der Waals surface area contributed by atoms with Crippen LogP contribution in [0.3, 0.4) is 0 Å². The van der Waals surface area contributed by atoms with Gasteiger partial charge in [-0.2, -0.15) is 4.98 Å². The molecular weight excluding hydrogens is 410 g/mol. The van der Waals surface area contributed by atoms with E-state index in [1.165, 1.54) is 0 Å². The number of carbonyl (C=O) groups is 1. The molecule has 1 saturated heterocycles. The van der Waals surface area contributed by atoms with Gasteiger partial charge >= 0.3 is 0 Å². The molecule has 0 saturated carbocycles. The highest BCUT2D eigenvalue weighted by molar-refractivity contribution is 9.10. The van der Waals surface area contributed by atoms with E-state index in [1.54, 1.807) is 7.11 Å². The van der Waals surface area contributed by atoms with Gasteiger partial charge in [0.2, 0.25) is 17.6 Å². The highest BCUT2D eigenvalue weighted by Gasteiger charge is 2.34. The molecular formula is C20H18BrN3O3. The van der Waals surface area contributed by atoms with Gasteiger partial charge in [0.25, 0.3) is 0 Å². The molecule has 1 fully saturated rings. The fourth-order valence-corrected chi connectivity index (χ4v) is 3.51. The molecule has 2 heterocycles. The second-order valence-electron chi connectivity index (χ2n) is 6.45. The number of amides is 1. The van der Waals surface area contributed by atoms with Gasteiger partial charge in [0.15, 0.2) is 0 Å². The van der Waals surface area contributed by atoms with Crippen molar-refractivity contribution in [1.82, 2.24) is 15.0 Å². The third-order valence-corrected chi connectivity index (χ3v) is 5.19. The first kappa shape index (κ1) is 17.7. The van der Waals surface area contributed by atoms with Crippen molar-refractivity contribution in [3.63, 3.8) is 0 Å². The Morgan fingerprint density at radius 3 is 2.78 bits per heavy atom. The molecule has 0 spiro atoms. The standard InChI is InChI=1S/C20H18BrN3O3/c1-26-17-5-3-2-4-14(17)11-24-12-15(10-18(24)25)20-22-19(23-27-20)13-6-8-16(21)9-7-13/h2-9,15H,10-12H2,1H3. The maximum atomic E-state index is 12.5. The number of hydrogen-bond acceptors (Lipinski definition) is 5. The molecule has 1 unspecified atom stereocenters. The van der Waals surface area contributed by atoms with Crippen LogP contribution < -0.4 is 4.74 Å². The fraction of sp³-hybridized carbons (Fsp3) is 0.250. The number of carbonyl (C=O) groups excluding carboxylic acids is 1. The zero-order chi connectivity index (χ0) is 18.8. The first-order valence-corrected chi connectivity index (χ1v) is 9.42. The van der Waals surface area contributed by atoms with Crippen molar-refractivity contribution in [3.8, 4) is 17.1 Å². The Morgan fingerprint density at radius 2 is 2.00 bits per heavy atom. The number of aromatic nitrogens is 2. The molecule has 0 bridgehead atoms. The summed E-state index contributed by atoms with van der Waals surface area (Å²) in [5, 5.41) is 4.07. The van der Waals surface area contributed by atoms with Gasteiger partial charge < -0.3 is 14.2 Å². The summed E-state index contributed by atoms with van der Waals surface area (Å²) < 4.78 is 11.8. The summed E-state index contributed by atoms with van der Waals surface area (Å²) in [6.07, 6.45) is 0.372. The maximum absolute atomic E-state index is 12.5. The van der Waals surface area contributed by atoms with Crippen LogP contribution in [0.25, 0.3) is 11.4 Å². The average Bonchev–Trinajstić information content (AvgIpc) is 3.30. The van der Waals surface area contributed by atoms with Crippen LogP contribution in [0.1, 0.15) is 23.8 Å². The van der Waals surface area contributed by atoms with Crippen molar-refractivity contribution >= 4 is 21.8 Å². The molecule has 1 atom stereocenters. The molecule has 1 aliphatic heterocycles. The molecule has 138 valence electrons. The van der Waals surface area contributed by atoms with Gasteiger partial charge in [-0.05, 0) is 30.3 Å². The molecule has 4 rings (SSSR count). The van der Waals surface area contributed by atoms with Crippen LogP contribution in [0.5, 0.6) is 5.75 Å². The van der Waals surface area contributed by atoms with Crippen molar-refractivity contribution in [2.75, 3.05) is 13.7 Å². The Hall–Kier alpha value is -2.67. The first-order chi connectivity index (χ1) is 13.1. The number of benzene rings is 2. The lowest BCUT2D eigenvalue weighted by Crippen LogP contribution is -2.24. The largest absolute Gasteiger partial charge is 0.496 e. The predicted octanol–water partition coefficient (Wildman–Crippen LogP) is 4.02. The number of halogens is 1. The molecule has 1 amide bonds. The number of rotatable bonds is 5. The second-order valence-corrected chi connectivity index (χ2v) is 7.37. The minimum absolute atomic E-state index is 0.0781. The molecule has 6 nitrogen and oxygen atoms in total. The Balaban J connectivity index is 1.48. The molecule has 0 N–H and O–H groups in total.